The highest BCUT2D eigenvalue weighted by Crippen LogP contribution is 2.16. The van der Waals surface area contributed by atoms with Gasteiger partial charge in [-0.25, -0.2) is 0 Å². The Hall–Kier alpha value is -0.910. The van der Waals surface area contributed by atoms with E-state index in [1.54, 1.807) is 0 Å². The molecule has 1 heterocycles. The van der Waals surface area contributed by atoms with Crippen molar-refractivity contribution in [2.45, 2.75) is 19.3 Å². The molecule has 0 aliphatic carbocycles. The van der Waals surface area contributed by atoms with Gasteiger partial charge in [-0.05, 0) is 56.5 Å². The molecular weight excluding hydrogens is 320 g/mol. The monoisotopic (exact) mass is 340 g/mol. The van der Waals surface area contributed by atoms with Gasteiger partial charge in [-0.2, -0.15) is 0 Å². The molecule has 4 nitrogen and oxygen atoms in total. The van der Waals surface area contributed by atoms with E-state index in [0.29, 0.717) is 12.5 Å². The van der Waals surface area contributed by atoms with Crippen molar-refractivity contribution < 1.29 is 9.53 Å². The van der Waals surface area contributed by atoms with Crippen LogP contribution < -0.4 is 10.6 Å². The van der Waals surface area contributed by atoms with E-state index in [0.717, 1.165) is 29.7 Å². The predicted octanol–water partition coefficient (Wildman–Crippen LogP) is 2.79. The van der Waals surface area contributed by atoms with Gasteiger partial charge in [0.05, 0.1) is 0 Å². The molecule has 1 saturated heterocycles. The van der Waals surface area contributed by atoms with Gasteiger partial charge >= 0.3 is 0 Å². The minimum atomic E-state index is -0.107. The zero-order valence-corrected chi connectivity index (χ0v) is 13.1. The lowest BCUT2D eigenvalue weighted by atomic mass is 9.97. The number of rotatable bonds is 6. The van der Waals surface area contributed by atoms with Gasteiger partial charge in [0.15, 0.2) is 0 Å². The van der Waals surface area contributed by atoms with Crippen LogP contribution in [0.25, 0.3) is 0 Å². The van der Waals surface area contributed by atoms with Gasteiger partial charge < -0.3 is 15.4 Å². The maximum Gasteiger partial charge on any atom is 0.250 e. The van der Waals surface area contributed by atoms with E-state index in [4.69, 9.17) is 4.74 Å². The van der Waals surface area contributed by atoms with Gasteiger partial charge in [-0.3, -0.25) is 4.79 Å². The van der Waals surface area contributed by atoms with Crippen LogP contribution in [0.1, 0.15) is 19.3 Å². The minimum Gasteiger partial charge on any atom is -0.372 e. The molecule has 0 saturated carbocycles. The number of hydrogen-bond donors (Lipinski definition) is 2. The van der Waals surface area contributed by atoms with Crippen LogP contribution in [0, 0.1) is 5.92 Å². The third kappa shape index (κ3) is 5.61. The first-order valence-electron chi connectivity index (χ1n) is 7.08. The zero-order chi connectivity index (χ0) is 14.2. The normalized spacial score (nSPS) is 18.8. The van der Waals surface area contributed by atoms with Gasteiger partial charge in [0, 0.05) is 16.8 Å². The van der Waals surface area contributed by atoms with E-state index >= 15 is 0 Å². The molecule has 1 fully saturated rings. The molecule has 1 aromatic carbocycles. The van der Waals surface area contributed by atoms with E-state index in [9.17, 15) is 4.79 Å². The number of carbonyl (C=O) groups is 1. The van der Waals surface area contributed by atoms with Crippen LogP contribution in [-0.4, -0.2) is 32.2 Å². The lowest BCUT2D eigenvalue weighted by Gasteiger charge is -2.22. The molecule has 1 amide bonds. The van der Waals surface area contributed by atoms with Crippen LogP contribution in [0.3, 0.4) is 0 Å². The number of anilines is 1. The van der Waals surface area contributed by atoms with Crippen LogP contribution in [0.4, 0.5) is 5.69 Å². The van der Waals surface area contributed by atoms with E-state index in [1.165, 1.54) is 12.8 Å². The molecule has 20 heavy (non-hydrogen) atoms. The summed E-state index contributed by atoms with van der Waals surface area (Å²) in [7, 11) is 0. The Bertz CT molecular complexity index is 434. The summed E-state index contributed by atoms with van der Waals surface area (Å²) in [5.41, 5.74) is 0.782. The second-order valence-electron chi connectivity index (χ2n) is 5.11. The van der Waals surface area contributed by atoms with Crippen LogP contribution in [-0.2, 0) is 9.53 Å². The second kappa shape index (κ2) is 8.39. The van der Waals surface area contributed by atoms with E-state index < -0.39 is 0 Å². The highest BCUT2D eigenvalue weighted by Gasteiger charge is 2.12. The fourth-order valence-corrected chi connectivity index (χ4v) is 2.75. The highest BCUT2D eigenvalue weighted by atomic mass is 79.9. The summed E-state index contributed by atoms with van der Waals surface area (Å²) in [4.78, 5) is 11.7. The zero-order valence-electron chi connectivity index (χ0n) is 11.5. The maximum atomic E-state index is 11.7. The molecule has 1 unspecified atom stereocenters. The molecule has 1 atom stereocenters. The lowest BCUT2D eigenvalue weighted by Crippen LogP contribution is -2.30. The molecule has 1 aliphatic rings. The molecule has 0 radical (unpaired) electrons. The Morgan fingerprint density at radius 1 is 1.50 bits per heavy atom. The number of halogens is 1. The minimum absolute atomic E-state index is 0.107. The first-order chi connectivity index (χ1) is 9.74. The molecule has 5 heteroatoms. The number of piperidine rings is 1. The molecule has 1 aromatic rings. The summed E-state index contributed by atoms with van der Waals surface area (Å²) in [5, 5.41) is 6.20. The Morgan fingerprint density at radius 2 is 2.40 bits per heavy atom. The van der Waals surface area contributed by atoms with Crippen LogP contribution in [0.2, 0.25) is 0 Å². The average Bonchev–Trinajstić information content (AvgIpc) is 2.45. The van der Waals surface area contributed by atoms with Crippen molar-refractivity contribution in [3.05, 3.63) is 28.7 Å². The second-order valence-corrected chi connectivity index (χ2v) is 6.03. The maximum absolute atomic E-state index is 11.7. The number of nitrogens with one attached hydrogen (secondary N) is 2. The predicted molar refractivity (Wildman–Crippen MR) is 83.8 cm³/mol. The van der Waals surface area contributed by atoms with Gasteiger partial charge in [-0.15, -0.1) is 0 Å². The highest BCUT2D eigenvalue weighted by molar-refractivity contribution is 9.10. The van der Waals surface area contributed by atoms with Crippen molar-refractivity contribution in [2.75, 3.05) is 31.6 Å². The Labute approximate surface area is 128 Å². The largest absolute Gasteiger partial charge is 0.372 e. The summed E-state index contributed by atoms with van der Waals surface area (Å²) < 4.78 is 6.39. The molecule has 0 spiro atoms. The molecule has 110 valence electrons. The quantitative estimate of drug-likeness (QED) is 0.783. The third-order valence-electron chi connectivity index (χ3n) is 3.41. The van der Waals surface area contributed by atoms with Crippen molar-refractivity contribution in [1.29, 1.82) is 0 Å². The summed E-state index contributed by atoms with van der Waals surface area (Å²) in [6.07, 6.45) is 3.53. The van der Waals surface area contributed by atoms with Gasteiger partial charge in [-0.1, -0.05) is 22.0 Å². The smallest absolute Gasteiger partial charge is 0.250 e. The summed E-state index contributed by atoms with van der Waals surface area (Å²) in [5.74, 6) is 0.585. The molecular formula is C15H21BrN2O2. The van der Waals surface area contributed by atoms with E-state index in [-0.39, 0.29) is 12.5 Å². The van der Waals surface area contributed by atoms with Gasteiger partial charge in [0.2, 0.25) is 5.91 Å². The molecule has 1 aliphatic heterocycles. The van der Waals surface area contributed by atoms with Crippen molar-refractivity contribution in [1.82, 2.24) is 5.32 Å². The first-order valence-corrected chi connectivity index (χ1v) is 7.87. The molecule has 2 rings (SSSR count). The van der Waals surface area contributed by atoms with Gasteiger partial charge in [0.25, 0.3) is 0 Å². The number of ether oxygens (including phenoxy) is 1. The SMILES string of the molecule is O=C(COCCC1CCCNC1)Nc1cccc(Br)c1. The van der Waals surface area contributed by atoms with Crippen molar-refractivity contribution in [2.24, 2.45) is 5.92 Å². The van der Waals surface area contributed by atoms with Gasteiger partial charge in [0.1, 0.15) is 6.61 Å². The molecule has 2 N–H and O–H groups in total. The third-order valence-corrected chi connectivity index (χ3v) is 3.90. The fourth-order valence-electron chi connectivity index (χ4n) is 2.35. The fraction of sp³-hybridized carbons (Fsp3) is 0.533. The number of carbonyl (C=O) groups excluding carboxylic acids is 1. The first kappa shape index (κ1) is 15.5. The van der Waals surface area contributed by atoms with E-state index in [1.807, 2.05) is 24.3 Å². The summed E-state index contributed by atoms with van der Waals surface area (Å²) in [6.45, 7) is 2.98. The Balaban J connectivity index is 1.60. The van der Waals surface area contributed by atoms with Crippen molar-refractivity contribution >= 4 is 27.5 Å². The molecule has 0 bridgehead atoms. The Morgan fingerprint density at radius 3 is 3.15 bits per heavy atom. The topological polar surface area (TPSA) is 50.4 Å². The van der Waals surface area contributed by atoms with Crippen molar-refractivity contribution in [3.63, 3.8) is 0 Å². The number of amides is 1. The summed E-state index contributed by atoms with van der Waals surface area (Å²) in [6, 6.07) is 7.53. The standard InChI is InChI=1S/C15H21BrN2O2/c16-13-4-1-5-14(9-13)18-15(19)11-20-8-6-12-3-2-7-17-10-12/h1,4-5,9,12,17H,2-3,6-8,10-11H2,(H,18,19). The number of benzene rings is 1. The molecule has 0 aromatic heterocycles. The van der Waals surface area contributed by atoms with Crippen molar-refractivity contribution in [3.8, 4) is 0 Å². The van der Waals surface area contributed by atoms with E-state index in [2.05, 4.69) is 26.6 Å². The van der Waals surface area contributed by atoms with Crippen LogP contribution in [0.15, 0.2) is 28.7 Å². The number of hydrogen-bond acceptors (Lipinski definition) is 3. The lowest BCUT2D eigenvalue weighted by molar-refractivity contribution is -0.120. The van der Waals surface area contributed by atoms with Crippen LogP contribution >= 0.6 is 15.9 Å². The Kier molecular flexibility index (Phi) is 6.50. The van der Waals surface area contributed by atoms with Crippen LogP contribution in [0.5, 0.6) is 0 Å². The summed E-state index contributed by atoms with van der Waals surface area (Å²) >= 11 is 3.37. The average molecular weight is 341 g/mol.